The Balaban J connectivity index is 2.65. The molecular weight excluding hydrogens is 278 g/mol. The van der Waals surface area contributed by atoms with Crippen molar-refractivity contribution < 1.29 is 14.3 Å². The highest BCUT2D eigenvalue weighted by molar-refractivity contribution is 5.83. The smallest absolute Gasteiger partial charge is 0.328 e. The van der Waals surface area contributed by atoms with Crippen LogP contribution in [0.25, 0.3) is 0 Å². The Kier molecular flexibility index (Phi) is 4.69. The highest BCUT2D eigenvalue weighted by atomic mass is 16.5. The molecule has 0 radical (unpaired) electrons. The zero-order valence-corrected chi connectivity index (χ0v) is 14.5. The average Bonchev–Trinajstić information content (AvgIpc) is 2.49. The SMILES string of the molecule is CC[C@@H](C(=O)OC)N1c2c(OC)cccc2[C@H](C)CC1(C)C. The van der Waals surface area contributed by atoms with Crippen LogP contribution in [-0.4, -0.2) is 31.8 Å². The molecule has 2 rings (SSSR count). The van der Waals surface area contributed by atoms with Crippen molar-refractivity contribution in [3.8, 4) is 5.75 Å². The van der Waals surface area contributed by atoms with E-state index in [4.69, 9.17) is 9.47 Å². The van der Waals surface area contributed by atoms with Crippen LogP contribution in [0.5, 0.6) is 5.75 Å². The Morgan fingerprint density at radius 1 is 1.41 bits per heavy atom. The lowest BCUT2D eigenvalue weighted by Gasteiger charge is -2.50. The van der Waals surface area contributed by atoms with Gasteiger partial charge in [0.2, 0.25) is 0 Å². The third-order valence-corrected chi connectivity index (χ3v) is 4.65. The predicted octanol–water partition coefficient (Wildman–Crippen LogP) is 3.74. The average molecular weight is 305 g/mol. The fourth-order valence-corrected chi connectivity index (χ4v) is 3.79. The van der Waals surface area contributed by atoms with Crippen LogP contribution in [0.4, 0.5) is 5.69 Å². The van der Waals surface area contributed by atoms with Gasteiger partial charge in [0.1, 0.15) is 11.8 Å². The number of anilines is 1. The van der Waals surface area contributed by atoms with Crippen molar-refractivity contribution in [1.29, 1.82) is 0 Å². The molecule has 0 N–H and O–H groups in total. The van der Waals surface area contributed by atoms with Gasteiger partial charge in [-0.15, -0.1) is 0 Å². The van der Waals surface area contributed by atoms with Gasteiger partial charge < -0.3 is 14.4 Å². The Morgan fingerprint density at radius 3 is 2.64 bits per heavy atom. The van der Waals surface area contributed by atoms with E-state index >= 15 is 0 Å². The molecule has 122 valence electrons. The minimum absolute atomic E-state index is 0.143. The number of fused-ring (bicyclic) bond motifs is 1. The molecule has 0 spiro atoms. The molecular formula is C18H27NO3. The predicted molar refractivity (Wildman–Crippen MR) is 88.7 cm³/mol. The summed E-state index contributed by atoms with van der Waals surface area (Å²) < 4.78 is 10.6. The third-order valence-electron chi connectivity index (χ3n) is 4.65. The Morgan fingerprint density at radius 2 is 2.09 bits per heavy atom. The molecule has 0 aromatic heterocycles. The van der Waals surface area contributed by atoms with Crippen LogP contribution < -0.4 is 9.64 Å². The number of esters is 1. The Bertz CT molecular complexity index is 553. The number of carbonyl (C=O) groups excluding carboxylic acids is 1. The molecule has 1 aliphatic heterocycles. The fourth-order valence-electron chi connectivity index (χ4n) is 3.79. The largest absolute Gasteiger partial charge is 0.495 e. The normalized spacial score (nSPS) is 21.0. The van der Waals surface area contributed by atoms with Gasteiger partial charge in [-0.25, -0.2) is 4.79 Å². The van der Waals surface area contributed by atoms with Crippen molar-refractivity contribution in [2.75, 3.05) is 19.1 Å². The second kappa shape index (κ2) is 6.19. The summed E-state index contributed by atoms with van der Waals surface area (Å²) >= 11 is 0. The molecule has 0 bridgehead atoms. The molecule has 0 unspecified atom stereocenters. The highest BCUT2D eigenvalue weighted by Crippen LogP contribution is 2.49. The molecule has 0 saturated carbocycles. The molecule has 1 aromatic carbocycles. The van der Waals surface area contributed by atoms with E-state index in [1.165, 1.54) is 12.7 Å². The van der Waals surface area contributed by atoms with E-state index in [2.05, 4.69) is 31.7 Å². The lowest BCUT2D eigenvalue weighted by molar-refractivity contribution is -0.142. The molecule has 2 atom stereocenters. The second-order valence-electron chi connectivity index (χ2n) is 6.63. The van der Waals surface area contributed by atoms with Crippen LogP contribution in [0.2, 0.25) is 0 Å². The van der Waals surface area contributed by atoms with E-state index in [0.717, 1.165) is 17.9 Å². The van der Waals surface area contributed by atoms with Gasteiger partial charge in [0.05, 0.1) is 19.9 Å². The van der Waals surface area contributed by atoms with Gasteiger partial charge in [-0.2, -0.15) is 0 Å². The molecule has 4 nitrogen and oxygen atoms in total. The summed E-state index contributed by atoms with van der Waals surface area (Å²) in [5, 5.41) is 0. The standard InChI is InChI=1S/C18H27NO3/c1-7-14(17(20)22-6)19-16-13(9-8-10-15(16)21-5)12(2)11-18(19,3)4/h8-10,12,14H,7,11H2,1-6H3/t12-,14+/m1/s1. The topological polar surface area (TPSA) is 38.8 Å². The van der Waals surface area contributed by atoms with Crippen molar-refractivity contribution >= 4 is 11.7 Å². The van der Waals surface area contributed by atoms with Gasteiger partial charge in [0.15, 0.2) is 0 Å². The molecule has 4 heteroatoms. The van der Waals surface area contributed by atoms with Gasteiger partial charge in [-0.05, 0) is 44.2 Å². The van der Waals surface area contributed by atoms with E-state index in [9.17, 15) is 4.79 Å². The van der Waals surface area contributed by atoms with Gasteiger partial charge in [0.25, 0.3) is 0 Å². The summed E-state index contributed by atoms with van der Waals surface area (Å²) in [5.74, 6) is 1.05. The third kappa shape index (κ3) is 2.67. The minimum Gasteiger partial charge on any atom is -0.495 e. The maximum absolute atomic E-state index is 12.3. The number of para-hydroxylation sites is 1. The number of hydrogen-bond acceptors (Lipinski definition) is 4. The molecule has 22 heavy (non-hydrogen) atoms. The van der Waals surface area contributed by atoms with Crippen LogP contribution in [0.1, 0.15) is 52.0 Å². The first kappa shape index (κ1) is 16.7. The van der Waals surface area contributed by atoms with Crippen LogP contribution >= 0.6 is 0 Å². The number of methoxy groups -OCH3 is 2. The minimum atomic E-state index is -0.303. The quantitative estimate of drug-likeness (QED) is 0.794. The Hall–Kier alpha value is -1.71. The first-order valence-corrected chi connectivity index (χ1v) is 7.91. The maximum Gasteiger partial charge on any atom is 0.328 e. The first-order chi connectivity index (χ1) is 10.4. The van der Waals surface area contributed by atoms with Crippen LogP contribution in [0, 0.1) is 0 Å². The van der Waals surface area contributed by atoms with Crippen molar-refractivity contribution in [1.82, 2.24) is 0 Å². The lowest BCUT2D eigenvalue weighted by Crippen LogP contribution is -2.56. The van der Waals surface area contributed by atoms with E-state index in [0.29, 0.717) is 12.3 Å². The second-order valence-corrected chi connectivity index (χ2v) is 6.63. The summed E-state index contributed by atoms with van der Waals surface area (Å²) in [6, 6.07) is 5.81. The summed E-state index contributed by atoms with van der Waals surface area (Å²) in [7, 11) is 3.13. The molecule has 0 saturated heterocycles. The number of rotatable bonds is 4. The van der Waals surface area contributed by atoms with Gasteiger partial charge in [-0.3, -0.25) is 0 Å². The zero-order chi connectivity index (χ0) is 16.5. The van der Waals surface area contributed by atoms with Crippen molar-refractivity contribution in [3.63, 3.8) is 0 Å². The Labute approximate surface area is 133 Å². The molecule has 1 aromatic rings. The molecule has 0 amide bonds. The lowest BCUT2D eigenvalue weighted by atomic mass is 9.78. The van der Waals surface area contributed by atoms with Gasteiger partial charge in [0, 0.05) is 5.54 Å². The van der Waals surface area contributed by atoms with Crippen molar-refractivity contribution in [3.05, 3.63) is 23.8 Å². The number of carbonyl (C=O) groups is 1. The first-order valence-electron chi connectivity index (χ1n) is 7.91. The number of nitrogens with zero attached hydrogens (tertiary/aromatic N) is 1. The van der Waals surface area contributed by atoms with Crippen LogP contribution in [0.15, 0.2) is 18.2 Å². The van der Waals surface area contributed by atoms with E-state index in [-0.39, 0.29) is 17.6 Å². The van der Waals surface area contributed by atoms with Crippen molar-refractivity contribution in [2.24, 2.45) is 0 Å². The molecule has 1 heterocycles. The van der Waals surface area contributed by atoms with Crippen molar-refractivity contribution in [2.45, 2.75) is 58.0 Å². The maximum atomic E-state index is 12.3. The van der Waals surface area contributed by atoms with E-state index in [1.54, 1.807) is 7.11 Å². The molecule has 0 fully saturated rings. The van der Waals surface area contributed by atoms with Crippen LogP contribution in [-0.2, 0) is 9.53 Å². The molecule has 1 aliphatic rings. The highest BCUT2D eigenvalue weighted by Gasteiger charge is 2.43. The monoisotopic (exact) mass is 305 g/mol. The van der Waals surface area contributed by atoms with Gasteiger partial charge >= 0.3 is 5.97 Å². The van der Waals surface area contributed by atoms with E-state index < -0.39 is 0 Å². The van der Waals surface area contributed by atoms with Gasteiger partial charge in [-0.1, -0.05) is 26.0 Å². The number of hydrogen-bond donors (Lipinski definition) is 0. The fraction of sp³-hybridized carbons (Fsp3) is 0.611. The van der Waals surface area contributed by atoms with Crippen LogP contribution in [0.3, 0.4) is 0 Å². The summed E-state index contributed by atoms with van der Waals surface area (Å²) in [6.07, 6.45) is 1.68. The zero-order valence-electron chi connectivity index (χ0n) is 14.5. The molecule has 0 aliphatic carbocycles. The summed E-state index contributed by atoms with van der Waals surface area (Å²) in [6.45, 7) is 8.62. The summed E-state index contributed by atoms with van der Waals surface area (Å²) in [4.78, 5) is 14.5. The van der Waals surface area contributed by atoms with E-state index in [1.807, 2.05) is 19.1 Å². The number of ether oxygens (including phenoxy) is 2. The summed E-state index contributed by atoms with van der Waals surface area (Å²) in [5.41, 5.74) is 2.13. The number of benzene rings is 1.